The summed E-state index contributed by atoms with van der Waals surface area (Å²) in [7, 11) is 1.93. The van der Waals surface area contributed by atoms with Crippen molar-refractivity contribution in [2.24, 2.45) is 0 Å². The molecule has 0 aromatic heterocycles. The molecule has 0 bridgehead atoms. The summed E-state index contributed by atoms with van der Waals surface area (Å²) in [6.07, 6.45) is 0.999. The number of nitrogens with one attached hydrogen (secondary N) is 1. The molecule has 3 heteroatoms. The highest BCUT2D eigenvalue weighted by Crippen LogP contribution is 2.31. The van der Waals surface area contributed by atoms with Gasteiger partial charge in [0.2, 0.25) is 0 Å². The first-order chi connectivity index (χ1) is 7.83. The minimum absolute atomic E-state index is 0.658. The summed E-state index contributed by atoms with van der Waals surface area (Å²) in [6, 6.07) is 6.01. The Kier molecular flexibility index (Phi) is 5.72. The number of para-hydroxylation sites is 1. The van der Waals surface area contributed by atoms with E-state index in [4.69, 9.17) is 9.47 Å². The average Bonchev–Trinajstić information content (AvgIpc) is 2.29. The normalized spacial score (nSPS) is 10.2. The van der Waals surface area contributed by atoms with E-state index in [2.05, 4.69) is 18.3 Å². The van der Waals surface area contributed by atoms with Gasteiger partial charge in [-0.05, 0) is 26.5 Å². The van der Waals surface area contributed by atoms with Crippen LogP contribution < -0.4 is 14.8 Å². The van der Waals surface area contributed by atoms with Gasteiger partial charge in [-0.25, -0.2) is 0 Å². The highest BCUT2D eigenvalue weighted by Gasteiger charge is 2.09. The molecule has 0 unspecified atom stereocenters. The molecule has 1 rings (SSSR count). The summed E-state index contributed by atoms with van der Waals surface area (Å²) >= 11 is 0. The standard InChI is InChI=1S/C13H21NO2/c1-4-9-16-13-11(10-14-3)7-6-8-12(13)15-5-2/h6-8,14H,4-5,9-10H2,1-3H3. The van der Waals surface area contributed by atoms with Crippen molar-refractivity contribution in [3.05, 3.63) is 23.8 Å². The van der Waals surface area contributed by atoms with E-state index in [1.807, 2.05) is 26.1 Å². The van der Waals surface area contributed by atoms with Crippen molar-refractivity contribution in [3.8, 4) is 11.5 Å². The van der Waals surface area contributed by atoms with Gasteiger partial charge in [0.25, 0.3) is 0 Å². The molecule has 0 aliphatic carbocycles. The smallest absolute Gasteiger partial charge is 0.165 e. The summed E-state index contributed by atoms with van der Waals surface area (Å²) in [4.78, 5) is 0. The molecule has 0 heterocycles. The first-order valence-electron chi connectivity index (χ1n) is 5.85. The molecule has 16 heavy (non-hydrogen) atoms. The zero-order valence-electron chi connectivity index (χ0n) is 10.4. The van der Waals surface area contributed by atoms with Crippen molar-refractivity contribution >= 4 is 0 Å². The lowest BCUT2D eigenvalue weighted by atomic mass is 10.2. The van der Waals surface area contributed by atoms with E-state index in [0.717, 1.165) is 36.6 Å². The van der Waals surface area contributed by atoms with Crippen LogP contribution in [0.25, 0.3) is 0 Å². The molecule has 1 N–H and O–H groups in total. The molecule has 0 amide bonds. The maximum atomic E-state index is 5.76. The second kappa shape index (κ2) is 7.12. The van der Waals surface area contributed by atoms with Gasteiger partial charge in [-0.1, -0.05) is 19.1 Å². The number of benzene rings is 1. The lowest BCUT2D eigenvalue weighted by Crippen LogP contribution is -2.09. The summed E-state index contributed by atoms with van der Waals surface area (Å²) < 4.78 is 11.3. The minimum Gasteiger partial charge on any atom is -0.490 e. The fraction of sp³-hybridized carbons (Fsp3) is 0.538. The molecular formula is C13H21NO2. The number of rotatable bonds is 7. The Bertz CT molecular complexity index is 289. The van der Waals surface area contributed by atoms with E-state index >= 15 is 0 Å². The van der Waals surface area contributed by atoms with Gasteiger partial charge in [0, 0.05) is 12.1 Å². The predicted molar refractivity (Wildman–Crippen MR) is 66.2 cm³/mol. The van der Waals surface area contributed by atoms with Crippen LogP contribution in [0.4, 0.5) is 0 Å². The lowest BCUT2D eigenvalue weighted by molar-refractivity contribution is 0.274. The van der Waals surface area contributed by atoms with Crippen LogP contribution in [0.3, 0.4) is 0 Å². The minimum atomic E-state index is 0.658. The fourth-order valence-electron chi connectivity index (χ4n) is 1.53. The quantitative estimate of drug-likeness (QED) is 0.770. The predicted octanol–water partition coefficient (Wildman–Crippen LogP) is 2.59. The van der Waals surface area contributed by atoms with Crippen molar-refractivity contribution in [2.45, 2.75) is 26.8 Å². The van der Waals surface area contributed by atoms with Gasteiger partial charge >= 0.3 is 0 Å². The van der Waals surface area contributed by atoms with Gasteiger partial charge in [0.05, 0.1) is 13.2 Å². The van der Waals surface area contributed by atoms with E-state index in [0.29, 0.717) is 6.61 Å². The molecule has 1 aromatic rings. The molecule has 0 radical (unpaired) electrons. The van der Waals surface area contributed by atoms with Crippen LogP contribution >= 0.6 is 0 Å². The van der Waals surface area contributed by atoms with Crippen molar-refractivity contribution in [1.82, 2.24) is 5.32 Å². The van der Waals surface area contributed by atoms with Gasteiger partial charge in [-0.15, -0.1) is 0 Å². The maximum Gasteiger partial charge on any atom is 0.165 e. The second-order valence-electron chi connectivity index (χ2n) is 3.56. The Hall–Kier alpha value is -1.22. The van der Waals surface area contributed by atoms with E-state index in [-0.39, 0.29) is 0 Å². The Morgan fingerprint density at radius 3 is 2.62 bits per heavy atom. The highest BCUT2D eigenvalue weighted by atomic mass is 16.5. The Labute approximate surface area is 97.8 Å². The molecule has 1 aromatic carbocycles. The van der Waals surface area contributed by atoms with Crippen LogP contribution in [0, 0.1) is 0 Å². The highest BCUT2D eigenvalue weighted by molar-refractivity contribution is 5.46. The largest absolute Gasteiger partial charge is 0.490 e. The Morgan fingerprint density at radius 2 is 2.00 bits per heavy atom. The van der Waals surface area contributed by atoms with Crippen LogP contribution in [-0.4, -0.2) is 20.3 Å². The summed E-state index contributed by atoms with van der Waals surface area (Å²) in [5, 5.41) is 3.13. The molecule has 0 fully saturated rings. The summed E-state index contributed by atoms with van der Waals surface area (Å²) in [6.45, 7) is 6.25. The molecule has 0 atom stereocenters. The first kappa shape index (κ1) is 12.8. The maximum absolute atomic E-state index is 5.76. The average molecular weight is 223 g/mol. The van der Waals surface area contributed by atoms with Gasteiger partial charge in [0.1, 0.15) is 0 Å². The SMILES string of the molecule is CCCOc1c(CNC)cccc1OCC. The summed E-state index contributed by atoms with van der Waals surface area (Å²) in [5.74, 6) is 1.71. The number of ether oxygens (including phenoxy) is 2. The zero-order chi connectivity index (χ0) is 11.8. The molecule has 0 saturated heterocycles. The molecule has 0 spiro atoms. The Balaban J connectivity index is 2.92. The topological polar surface area (TPSA) is 30.5 Å². The van der Waals surface area contributed by atoms with Crippen molar-refractivity contribution < 1.29 is 9.47 Å². The number of hydrogen-bond acceptors (Lipinski definition) is 3. The second-order valence-corrected chi connectivity index (χ2v) is 3.56. The van der Waals surface area contributed by atoms with E-state index in [9.17, 15) is 0 Å². The van der Waals surface area contributed by atoms with Gasteiger partial charge < -0.3 is 14.8 Å². The van der Waals surface area contributed by atoms with E-state index < -0.39 is 0 Å². The third-order valence-corrected chi connectivity index (χ3v) is 2.18. The van der Waals surface area contributed by atoms with Crippen molar-refractivity contribution in [1.29, 1.82) is 0 Å². The van der Waals surface area contributed by atoms with E-state index in [1.165, 1.54) is 0 Å². The number of hydrogen-bond donors (Lipinski definition) is 1. The molecule has 0 aliphatic rings. The fourth-order valence-corrected chi connectivity index (χ4v) is 1.53. The zero-order valence-corrected chi connectivity index (χ0v) is 10.4. The molecule has 90 valence electrons. The van der Waals surface area contributed by atoms with Crippen LogP contribution in [0.2, 0.25) is 0 Å². The molecular weight excluding hydrogens is 202 g/mol. The van der Waals surface area contributed by atoms with E-state index in [1.54, 1.807) is 0 Å². The van der Waals surface area contributed by atoms with Crippen LogP contribution in [0.5, 0.6) is 11.5 Å². The molecule has 0 aliphatic heterocycles. The van der Waals surface area contributed by atoms with Crippen molar-refractivity contribution in [2.75, 3.05) is 20.3 Å². The Morgan fingerprint density at radius 1 is 1.19 bits per heavy atom. The van der Waals surface area contributed by atoms with Crippen LogP contribution in [-0.2, 0) is 6.54 Å². The van der Waals surface area contributed by atoms with Crippen molar-refractivity contribution in [3.63, 3.8) is 0 Å². The van der Waals surface area contributed by atoms with Gasteiger partial charge in [-0.2, -0.15) is 0 Å². The summed E-state index contributed by atoms with van der Waals surface area (Å²) in [5.41, 5.74) is 1.14. The van der Waals surface area contributed by atoms with Crippen LogP contribution in [0.15, 0.2) is 18.2 Å². The molecule has 3 nitrogen and oxygen atoms in total. The monoisotopic (exact) mass is 223 g/mol. The third-order valence-electron chi connectivity index (χ3n) is 2.18. The van der Waals surface area contributed by atoms with Gasteiger partial charge in [0.15, 0.2) is 11.5 Å². The van der Waals surface area contributed by atoms with Crippen LogP contribution in [0.1, 0.15) is 25.8 Å². The third kappa shape index (κ3) is 3.42. The first-order valence-corrected chi connectivity index (χ1v) is 5.85. The lowest BCUT2D eigenvalue weighted by Gasteiger charge is -2.15. The molecule has 0 saturated carbocycles. The van der Waals surface area contributed by atoms with Gasteiger partial charge in [-0.3, -0.25) is 0 Å².